The molecule has 0 unspecified atom stereocenters. The summed E-state index contributed by atoms with van der Waals surface area (Å²) in [5.74, 6) is 1.57. The summed E-state index contributed by atoms with van der Waals surface area (Å²) in [5.41, 5.74) is 1.99. The maximum Gasteiger partial charge on any atom is 0.315 e. The zero-order chi connectivity index (χ0) is 14.7. The van der Waals surface area contributed by atoms with Crippen LogP contribution in [0, 0.1) is 12.8 Å². The van der Waals surface area contributed by atoms with Crippen LogP contribution in [0.15, 0.2) is 18.6 Å². The number of amides is 2. The third kappa shape index (κ3) is 3.24. The van der Waals surface area contributed by atoms with Gasteiger partial charge in [-0.3, -0.25) is 5.10 Å². The van der Waals surface area contributed by atoms with Crippen molar-refractivity contribution < 1.29 is 4.79 Å². The fraction of sp³-hybridized carbons (Fsp3) is 0.500. The lowest BCUT2D eigenvalue weighted by Crippen LogP contribution is -2.39. The molecule has 0 fully saturated rings. The van der Waals surface area contributed by atoms with Gasteiger partial charge in [-0.1, -0.05) is 0 Å². The lowest BCUT2D eigenvalue weighted by molar-refractivity contribution is 0.236. The minimum atomic E-state index is -0.135. The Morgan fingerprint density at radius 2 is 2.43 bits per heavy atom. The van der Waals surface area contributed by atoms with Crippen LogP contribution in [0.2, 0.25) is 0 Å². The molecule has 0 saturated carbocycles. The molecule has 2 aromatic heterocycles. The number of aromatic nitrogens is 4. The first-order valence-corrected chi connectivity index (χ1v) is 7.23. The molecule has 0 bridgehead atoms. The lowest BCUT2D eigenvalue weighted by atomic mass is 9.98. The highest BCUT2D eigenvalue weighted by Gasteiger charge is 2.19. The van der Waals surface area contributed by atoms with Gasteiger partial charge < -0.3 is 15.2 Å². The molecule has 1 aliphatic rings. The third-order valence-electron chi connectivity index (χ3n) is 3.98. The standard InChI is InChI=1S/C14H20N6O/c1-10-12(9-18-19-10)8-17-14(21)16-7-11-2-4-20-5-3-15-13(20)6-11/h3,5,9,11H,2,4,6-8H2,1H3,(H,18,19)(H2,16,17,21)/t11-/m0/s1. The van der Waals surface area contributed by atoms with E-state index in [0.717, 1.165) is 36.5 Å². The number of carbonyl (C=O) groups is 1. The second-order valence-corrected chi connectivity index (χ2v) is 5.48. The van der Waals surface area contributed by atoms with Gasteiger partial charge >= 0.3 is 6.03 Å². The number of urea groups is 1. The summed E-state index contributed by atoms with van der Waals surface area (Å²) < 4.78 is 2.18. The van der Waals surface area contributed by atoms with Crippen molar-refractivity contribution in [2.24, 2.45) is 5.92 Å². The Kier molecular flexibility index (Phi) is 3.89. The molecule has 112 valence electrons. The molecule has 0 radical (unpaired) electrons. The summed E-state index contributed by atoms with van der Waals surface area (Å²) in [4.78, 5) is 16.2. The minimum Gasteiger partial charge on any atom is -0.338 e. The van der Waals surface area contributed by atoms with Gasteiger partial charge in [0.25, 0.3) is 0 Å². The minimum absolute atomic E-state index is 0.135. The summed E-state index contributed by atoms with van der Waals surface area (Å²) in [7, 11) is 0. The zero-order valence-corrected chi connectivity index (χ0v) is 12.1. The average molecular weight is 288 g/mol. The Balaban J connectivity index is 1.41. The van der Waals surface area contributed by atoms with Gasteiger partial charge in [0.15, 0.2) is 0 Å². The van der Waals surface area contributed by atoms with Crippen LogP contribution in [0.5, 0.6) is 0 Å². The normalized spacial score (nSPS) is 17.3. The van der Waals surface area contributed by atoms with E-state index in [-0.39, 0.29) is 6.03 Å². The number of nitrogens with one attached hydrogen (secondary N) is 3. The summed E-state index contributed by atoms with van der Waals surface area (Å²) in [5, 5.41) is 12.6. The molecule has 7 heteroatoms. The summed E-state index contributed by atoms with van der Waals surface area (Å²) in [6, 6.07) is -0.135. The van der Waals surface area contributed by atoms with Crippen LogP contribution in [0.3, 0.4) is 0 Å². The molecule has 0 aliphatic carbocycles. The van der Waals surface area contributed by atoms with Gasteiger partial charge in [-0.15, -0.1) is 0 Å². The van der Waals surface area contributed by atoms with Crippen molar-refractivity contribution in [3.05, 3.63) is 35.7 Å². The van der Waals surface area contributed by atoms with Crippen LogP contribution in [-0.2, 0) is 19.5 Å². The van der Waals surface area contributed by atoms with Crippen LogP contribution in [0.1, 0.15) is 23.5 Å². The van der Waals surface area contributed by atoms with Gasteiger partial charge in [-0.2, -0.15) is 5.10 Å². The predicted octanol–water partition coefficient (Wildman–Crippen LogP) is 0.976. The van der Waals surface area contributed by atoms with Gasteiger partial charge in [0.1, 0.15) is 5.82 Å². The molecule has 0 aromatic carbocycles. The number of hydrogen-bond donors (Lipinski definition) is 3. The number of hydrogen-bond acceptors (Lipinski definition) is 3. The average Bonchev–Trinajstić information content (AvgIpc) is 3.11. The van der Waals surface area contributed by atoms with E-state index >= 15 is 0 Å². The molecule has 21 heavy (non-hydrogen) atoms. The molecule has 3 N–H and O–H groups in total. The van der Waals surface area contributed by atoms with Crippen molar-refractivity contribution >= 4 is 6.03 Å². The highest BCUT2D eigenvalue weighted by Crippen LogP contribution is 2.18. The summed E-state index contributed by atoms with van der Waals surface area (Å²) in [6.45, 7) is 4.09. The van der Waals surface area contributed by atoms with Gasteiger partial charge in [0, 0.05) is 49.7 Å². The van der Waals surface area contributed by atoms with Crippen molar-refractivity contribution in [1.82, 2.24) is 30.4 Å². The fourth-order valence-corrected chi connectivity index (χ4v) is 2.62. The molecule has 1 aliphatic heterocycles. The van der Waals surface area contributed by atoms with Crippen LogP contribution in [0.4, 0.5) is 4.79 Å². The SMILES string of the molecule is Cc1[nH]ncc1CNC(=O)NC[C@H]1CCn2ccnc2C1. The molecule has 3 rings (SSSR count). The van der Waals surface area contributed by atoms with E-state index in [1.807, 2.05) is 19.3 Å². The quantitative estimate of drug-likeness (QED) is 0.783. The van der Waals surface area contributed by atoms with E-state index in [0.29, 0.717) is 19.0 Å². The second kappa shape index (κ2) is 5.99. The highest BCUT2D eigenvalue weighted by atomic mass is 16.2. The van der Waals surface area contributed by atoms with Gasteiger partial charge in [0.05, 0.1) is 6.20 Å². The first kappa shape index (κ1) is 13.7. The largest absolute Gasteiger partial charge is 0.338 e. The molecular weight excluding hydrogens is 268 g/mol. The molecule has 1 atom stereocenters. The molecular formula is C14H20N6O. The number of imidazole rings is 1. The first-order chi connectivity index (χ1) is 10.2. The van der Waals surface area contributed by atoms with Crippen molar-refractivity contribution in [2.45, 2.75) is 32.9 Å². The third-order valence-corrected chi connectivity index (χ3v) is 3.98. The van der Waals surface area contributed by atoms with Crippen LogP contribution >= 0.6 is 0 Å². The second-order valence-electron chi connectivity index (χ2n) is 5.48. The van der Waals surface area contributed by atoms with E-state index in [4.69, 9.17) is 0 Å². The Hall–Kier alpha value is -2.31. The molecule has 3 heterocycles. The summed E-state index contributed by atoms with van der Waals surface area (Å²) in [6.07, 6.45) is 7.58. The number of rotatable bonds is 4. The number of H-pyrrole nitrogens is 1. The van der Waals surface area contributed by atoms with E-state index < -0.39 is 0 Å². The maximum absolute atomic E-state index is 11.8. The van der Waals surface area contributed by atoms with Crippen LogP contribution < -0.4 is 10.6 Å². The molecule has 7 nitrogen and oxygen atoms in total. The molecule has 2 amide bonds. The highest BCUT2D eigenvalue weighted by molar-refractivity contribution is 5.73. The van der Waals surface area contributed by atoms with Gasteiger partial charge in [-0.25, -0.2) is 9.78 Å². The van der Waals surface area contributed by atoms with Crippen molar-refractivity contribution in [3.63, 3.8) is 0 Å². The summed E-state index contributed by atoms with van der Waals surface area (Å²) >= 11 is 0. The molecule has 0 spiro atoms. The van der Waals surface area contributed by atoms with Crippen molar-refractivity contribution in [3.8, 4) is 0 Å². The predicted molar refractivity (Wildman–Crippen MR) is 77.6 cm³/mol. The van der Waals surface area contributed by atoms with Crippen LogP contribution in [0.25, 0.3) is 0 Å². The lowest BCUT2D eigenvalue weighted by Gasteiger charge is -2.23. The number of aromatic amines is 1. The number of aryl methyl sites for hydroxylation is 2. The van der Waals surface area contributed by atoms with E-state index in [1.54, 1.807) is 6.20 Å². The maximum atomic E-state index is 11.8. The van der Waals surface area contributed by atoms with E-state index in [2.05, 4.69) is 30.4 Å². The van der Waals surface area contributed by atoms with Crippen molar-refractivity contribution in [1.29, 1.82) is 0 Å². The number of nitrogens with zero attached hydrogens (tertiary/aromatic N) is 3. The Morgan fingerprint density at radius 3 is 3.24 bits per heavy atom. The Morgan fingerprint density at radius 1 is 1.52 bits per heavy atom. The van der Waals surface area contributed by atoms with E-state index in [1.165, 1.54) is 0 Å². The molecule has 0 saturated heterocycles. The topological polar surface area (TPSA) is 87.6 Å². The smallest absolute Gasteiger partial charge is 0.315 e. The number of carbonyl (C=O) groups excluding carboxylic acids is 1. The monoisotopic (exact) mass is 288 g/mol. The fourth-order valence-electron chi connectivity index (χ4n) is 2.62. The molecule has 2 aromatic rings. The first-order valence-electron chi connectivity index (χ1n) is 7.23. The Labute approximate surface area is 123 Å². The van der Waals surface area contributed by atoms with Crippen LogP contribution in [-0.4, -0.2) is 32.3 Å². The zero-order valence-electron chi connectivity index (χ0n) is 12.1. The number of fused-ring (bicyclic) bond motifs is 1. The van der Waals surface area contributed by atoms with Gasteiger partial charge in [-0.05, 0) is 19.3 Å². The van der Waals surface area contributed by atoms with Crippen molar-refractivity contribution in [2.75, 3.05) is 6.54 Å². The van der Waals surface area contributed by atoms with E-state index in [9.17, 15) is 4.79 Å². The Bertz CT molecular complexity index is 617. The van der Waals surface area contributed by atoms with Gasteiger partial charge in [0.2, 0.25) is 0 Å².